The fraction of sp³-hybridized carbons (Fsp3) is 0.321. The Bertz CT molecular complexity index is 1330. The summed E-state index contributed by atoms with van der Waals surface area (Å²) in [6.07, 6.45) is 4.31. The van der Waals surface area contributed by atoms with E-state index in [1.165, 1.54) is 10.8 Å². The largest absolute Gasteiger partial charge is 0.493 e. The molecule has 0 fully saturated rings. The Morgan fingerprint density at radius 3 is 2.44 bits per heavy atom. The van der Waals surface area contributed by atoms with Gasteiger partial charge in [-0.05, 0) is 39.4 Å². The Hall–Kier alpha value is -3.04. The minimum Gasteiger partial charge on any atom is -0.493 e. The van der Waals surface area contributed by atoms with Crippen LogP contribution in [0.4, 0.5) is 0 Å². The highest BCUT2D eigenvalue weighted by atomic mass is 32.2. The molecule has 7 nitrogen and oxygen atoms in total. The third-order valence-electron chi connectivity index (χ3n) is 6.55. The molecule has 8 heteroatoms. The number of aromatic nitrogens is 2. The topological polar surface area (TPSA) is 96.6 Å². The monoisotopic (exact) mass is 507 g/mol. The number of nitrogens with zero attached hydrogens (tertiary/aromatic N) is 2. The van der Waals surface area contributed by atoms with E-state index in [-0.39, 0.29) is 6.54 Å². The SMILES string of the molecule is CC(C)(C)C(O)(CNS(=O)O)c1ccc(Cn2cccn2)cc1OCCc1ccc2ccccc2c1. The molecular formula is C28H33N3O4S. The molecule has 0 aliphatic heterocycles. The molecule has 0 amide bonds. The summed E-state index contributed by atoms with van der Waals surface area (Å²) in [5, 5.41) is 18.5. The molecule has 0 saturated carbocycles. The summed E-state index contributed by atoms with van der Waals surface area (Å²) in [5.74, 6) is 0.545. The van der Waals surface area contributed by atoms with Crippen molar-refractivity contribution >= 4 is 22.0 Å². The second-order valence-corrected chi connectivity index (χ2v) is 10.8. The first-order valence-electron chi connectivity index (χ1n) is 11.9. The number of ether oxygens (including phenoxy) is 1. The molecule has 0 saturated heterocycles. The quantitative estimate of drug-likeness (QED) is 0.271. The molecule has 0 bridgehead atoms. The summed E-state index contributed by atoms with van der Waals surface area (Å²) < 4.78 is 31.3. The summed E-state index contributed by atoms with van der Waals surface area (Å²) in [6, 6.07) is 22.2. The number of benzene rings is 3. The van der Waals surface area contributed by atoms with Crippen LogP contribution in [0.3, 0.4) is 0 Å². The first-order chi connectivity index (χ1) is 17.2. The van der Waals surface area contributed by atoms with E-state index < -0.39 is 22.3 Å². The van der Waals surface area contributed by atoms with Crippen molar-refractivity contribution in [2.45, 2.75) is 39.3 Å². The second-order valence-electron chi connectivity index (χ2n) is 9.99. The molecule has 1 heterocycles. The van der Waals surface area contributed by atoms with Crippen molar-refractivity contribution < 1.29 is 18.6 Å². The highest BCUT2D eigenvalue weighted by Crippen LogP contribution is 2.43. The van der Waals surface area contributed by atoms with Crippen molar-refractivity contribution in [3.8, 4) is 5.75 Å². The fourth-order valence-corrected chi connectivity index (χ4v) is 4.64. The normalized spacial score (nSPS) is 14.5. The van der Waals surface area contributed by atoms with Crippen molar-refractivity contribution in [3.63, 3.8) is 0 Å². The summed E-state index contributed by atoms with van der Waals surface area (Å²) in [4.78, 5) is 0. The van der Waals surface area contributed by atoms with Gasteiger partial charge in [0.1, 0.15) is 11.4 Å². The van der Waals surface area contributed by atoms with E-state index in [9.17, 15) is 13.9 Å². The van der Waals surface area contributed by atoms with Gasteiger partial charge in [0.15, 0.2) is 0 Å². The Morgan fingerprint density at radius 2 is 1.75 bits per heavy atom. The zero-order chi connectivity index (χ0) is 25.8. The van der Waals surface area contributed by atoms with Gasteiger partial charge in [-0.15, -0.1) is 0 Å². The smallest absolute Gasteiger partial charge is 0.231 e. The van der Waals surface area contributed by atoms with E-state index >= 15 is 0 Å². The summed E-state index contributed by atoms with van der Waals surface area (Å²) >= 11 is -2.26. The molecular weight excluding hydrogens is 474 g/mol. The Morgan fingerprint density at radius 1 is 1.00 bits per heavy atom. The minimum absolute atomic E-state index is 0.112. The molecule has 4 rings (SSSR count). The lowest BCUT2D eigenvalue weighted by atomic mass is 9.71. The van der Waals surface area contributed by atoms with Crippen LogP contribution in [0.15, 0.2) is 79.1 Å². The molecule has 2 atom stereocenters. The lowest BCUT2D eigenvalue weighted by Crippen LogP contribution is -2.48. The van der Waals surface area contributed by atoms with Gasteiger partial charge in [-0.2, -0.15) is 5.10 Å². The number of rotatable bonds is 10. The molecule has 4 aromatic rings. The predicted molar refractivity (Wildman–Crippen MR) is 143 cm³/mol. The third kappa shape index (κ3) is 6.02. The van der Waals surface area contributed by atoms with E-state index in [2.05, 4.69) is 40.2 Å². The van der Waals surface area contributed by atoms with Gasteiger partial charge in [-0.3, -0.25) is 9.23 Å². The Labute approximate surface area is 214 Å². The van der Waals surface area contributed by atoms with E-state index in [0.29, 0.717) is 30.9 Å². The Kier molecular flexibility index (Phi) is 7.90. The number of aliphatic hydroxyl groups is 1. The number of hydrogen-bond acceptors (Lipinski definition) is 4. The Balaban J connectivity index is 1.62. The van der Waals surface area contributed by atoms with E-state index in [1.807, 2.05) is 68.0 Å². The van der Waals surface area contributed by atoms with Crippen LogP contribution in [-0.2, 0) is 29.8 Å². The van der Waals surface area contributed by atoms with Crippen molar-refractivity contribution in [1.82, 2.24) is 14.5 Å². The van der Waals surface area contributed by atoms with Crippen molar-refractivity contribution in [2.75, 3.05) is 13.2 Å². The van der Waals surface area contributed by atoms with E-state index in [0.717, 1.165) is 11.1 Å². The van der Waals surface area contributed by atoms with Gasteiger partial charge >= 0.3 is 0 Å². The fourth-order valence-electron chi connectivity index (χ4n) is 4.31. The molecule has 1 aromatic heterocycles. The van der Waals surface area contributed by atoms with Gasteiger partial charge in [0.05, 0.1) is 13.2 Å². The third-order valence-corrected chi connectivity index (χ3v) is 6.94. The van der Waals surface area contributed by atoms with Gasteiger partial charge in [0, 0.05) is 30.9 Å². The van der Waals surface area contributed by atoms with Crippen LogP contribution >= 0.6 is 0 Å². The van der Waals surface area contributed by atoms with Crippen molar-refractivity contribution in [1.29, 1.82) is 0 Å². The van der Waals surface area contributed by atoms with Crippen LogP contribution < -0.4 is 9.46 Å². The average Bonchev–Trinajstić information content (AvgIpc) is 3.35. The van der Waals surface area contributed by atoms with E-state index in [1.54, 1.807) is 6.20 Å². The van der Waals surface area contributed by atoms with Crippen LogP contribution in [0, 0.1) is 5.41 Å². The summed E-state index contributed by atoms with van der Waals surface area (Å²) in [6.45, 7) is 6.54. The van der Waals surface area contributed by atoms with Gasteiger partial charge < -0.3 is 9.84 Å². The number of fused-ring (bicyclic) bond motifs is 1. The summed E-state index contributed by atoms with van der Waals surface area (Å²) in [5.41, 5.74) is 0.577. The van der Waals surface area contributed by atoms with Crippen LogP contribution in [0.1, 0.15) is 37.5 Å². The lowest BCUT2D eigenvalue weighted by Gasteiger charge is -2.41. The minimum atomic E-state index is -2.26. The highest BCUT2D eigenvalue weighted by molar-refractivity contribution is 7.77. The van der Waals surface area contributed by atoms with Gasteiger partial charge in [0.2, 0.25) is 11.3 Å². The zero-order valence-corrected chi connectivity index (χ0v) is 21.7. The molecule has 36 heavy (non-hydrogen) atoms. The maximum absolute atomic E-state index is 11.8. The maximum atomic E-state index is 11.8. The standard InChI is InChI=1S/C28H33N3O4S/c1-27(2,3)28(32,20-30-36(33)34)25-12-10-22(19-31-15-6-14-29-31)18-26(25)35-16-13-21-9-11-23-7-4-5-8-24(23)17-21/h4-12,14-15,17-18,30,32H,13,16,19-20H2,1-3H3,(H,33,34). The second kappa shape index (κ2) is 10.9. The highest BCUT2D eigenvalue weighted by Gasteiger charge is 2.44. The molecule has 0 spiro atoms. The molecule has 190 valence electrons. The molecule has 0 radical (unpaired) electrons. The predicted octanol–water partition coefficient (Wildman–Crippen LogP) is 4.67. The van der Waals surface area contributed by atoms with Crippen molar-refractivity contribution in [2.24, 2.45) is 5.41 Å². The van der Waals surface area contributed by atoms with Crippen molar-refractivity contribution in [3.05, 3.63) is 95.8 Å². The number of hydrogen-bond donors (Lipinski definition) is 3. The summed E-state index contributed by atoms with van der Waals surface area (Å²) in [7, 11) is 0. The van der Waals surface area contributed by atoms with Gasteiger partial charge in [-0.25, -0.2) is 8.93 Å². The first kappa shape index (κ1) is 26.0. The number of nitrogens with one attached hydrogen (secondary N) is 1. The lowest BCUT2D eigenvalue weighted by molar-refractivity contribution is -0.0604. The first-order valence-corrected chi connectivity index (χ1v) is 13.0. The van der Waals surface area contributed by atoms with Gasteiger partial charge in [-0.1, -0.05) is 75.4 Å². The van der Waals surface area contributed by atoms with Crippen LogP contribution in [0.25, 0.3) is 10.8 Å². The molecule has 3 aromatic carbocycles. The van der Waals surface area contributed by atoms with Crippen LogP contribution in [-0.4, -0.2) is 36.8 Å². The van der Waals surface area contributed by atoms with Gasteiger partial charge in [0.25, 0.3) is 0 Å². The zero-order valence-electron chi connectivity index (χ0n) is 20.8. The van der Waals surface area contributed by atoms with Crippen LogP contribution in [0.5, 0.6) is 5.75 Å². The molecule has 0 aliphatic rings. The molecule has 2 unspecified atom stereocenters. The molecule has 3 N–H and O–H groups in total. The van der Waals surface area contributed by atoms with Crippen LogP contribution in [0.2, 0.25) is 0 Å². The average molecular weight is 508 g/mol. The van der Waals surface area contributed by atoms with E-state index in [4.69, 9.17) is 4.74 Å². The maximum Gasteiger partial charge on any atom is 0.231 e. The molecule has 0 aliphatic carbocycles.